The van der Waals surface area contributed by atoms with E-state index in [1.54, 1.807) is 0 Å². The molecule has 4 nitrogen and oxygen atoms in total. The van der Waals surface area contributed by atoms with Gasteiger partial charge in [-0.15, -0.1) is 0 Å². The molecule has 0 radical (unpaired) electrons. The van der Waals surface area contributed by atoms with Gasteiger partial charge in [0.25, 0.3) is 0 Å². The maximum absolute atomic E-state index is 11.6. The lowest BCUT2D eigenvalue weighted by atomic mass is 10.0. The molecular formula is C13H26ClN2O2+. The Morgan fingerprint density at radius 2 is 1.94 bits per heavy atom. The van der Waals surface area contributed by atoms with Gasteiger partial charge in [0, 0.05) is 5.54 Å². The van der Waals surface area contributed by atoms with E-state index in [-0.39, 0.29) is 5.97 Å². The van der Waals surface area contributed by atoms with E-state index in [0.717, 1.165) is 11.0 Å². The monoisotopic (exact) mass is 277 g/mol. The van der Waals surface area contributed by atoms with Crippen LogP contribution in [0.3, 0.4) is 0 Å². The lowest BCUT2D eigenvalue weighted by molar-refractivity contribution is -0.914. The summed E-state index contributed by atoms with van der Waals surface area (Å²) in [5.74, 6) is -0.184. The molecule has 0 bridgehead atoms. The standard InChI is InChI=1S/C13H26ClN2O2/c1-13(2,15-14)11-12(17)18-10-9-16(3)7-5-4-6-8-16/h15H,4-11H2,1-3H3/q+1. The number of nitrogens with zero attached hydrogens (tertiary/aromatic N) is 1. The van der Waals surface area contributed by atoms with Crippen LogP contribution in [-0.2, 0) is 9.53 Å². The topological polar surface area (TPSA) is 38.3 Å². The molecular weight excluding hydrogens is 252 g/mol. The zero-order valence-corrected chi connectivity index (χ0v) is 12.6. The van der Waals surface area contributed by atoms with Gasteiger partial charge in [0.05, 0.1) is 26.6 Å². The number of halogens is 1. The molecule has 0 unspecified atom stereocenters. The predicted octanol–water partition coefficient (Wildman–Crippen LogP) is 2.07. The third-order valence-corrected chi connectivity index (χ3v) is 4.14. The van der Waals surface area contributed by atoms with Crippen LogP contribution >= 0.6 is 11.8 Å². The second-order valence-corrected chi connectivity index (χ2v) is 6.42. The Morgan fingerprint density at radius 1 is 1.33 bits per heavy atom. The minimum absolute atomic E-state index is 0.184. The van der Waals surface area contributed by atoms with E-state index < -0.39 is 5.54 Å². The molecule has 0 atom stereocenters. The second-order valence-electron chi connectivity index (χ2n) is 6.23. The van der Waals surface area contributed by atoms with E-state index in [1.807, 2.05) is 13.8 Å². The second kappa shape index (κ2) is 6.73. The third-order valence-electron chi connectivity index (χ3n) is 3.63. The normalized spacial score (nSPS) is 19.6. The van der Waals surface area contributed by atoms with Crippen LogP contribution in [0.2, 0.25) is 0 Å². The molecule has 5 heteroatoms. The van der Waals surface area contributed by atoms with Crippen molar-refractivity contribution in [1.82, 2.24) is 4.84 Å². The number of hydrogen-bond donors (Lipinski definition) is 1. The molecule has 1 fully saturated rings. The number of piperidine rings is 1. The van der Waals surface area contributed by atoms with Crippen LogP contribution in [0.1, 0.15) is 39.5 Å². The van der Waals surface area contributed by atoms with Crippen molar-refractivity contribution in [3.63, 3.8) is 0 Å². The largest absolute Gasteiger partial charge is 0.460 e. The minimum atomic E-state index is -0.414. The summed E-state index contributed by atoms with van der Waals surface area (Å²) in [6.45, 7) is 7.58. The number of carbonyl (C=O) groups excluding carboxylic acids is 1. The molecule has 1 heterocycles. The molecule has 0 aromatic carbocycles. The summed E-state index contributed by atoms with van der Waals surface area (Å²) in [6.07, 6.45) is 4.20. The first-order valence-corrected chi connectivity index (χ1v) is 7.12. The number of hydrogen-bond acceptors (Lipinski definition) is 3. The number of likely N-dealkylation sites (tertiary alicyclic amines) is 1. The Morgan fingerprint density at radius 3 is 2.50 bits per heavy atom. The Labute approximate surface area is 115 Å². The molecule has 0 aromatic heterocycles. The average Bonchev–Trinajstić information content (AvgIpc) is 2.29. The van der Waals surface area contributed by atoms with Crippen LogP contribution < -0.4 is 4.84 Å². The Bertz CT molecular complexity index is 276. The van der Waals surface area contributed by atoms with Crippen molar-refractivity contribution >= 4 is 17.7 Å². The molecule has 1 saturated heterocycles. The zero-order valence-electron chi connectivity index (χ0n) is 11.8. The summed E-state index contributed by atoms with van der Waals surface area (Å²) in [4.78, 5) is 14.2. The van der Waals surface area contributed by atoms with Gasteiger partial charge in [-0.1, -0.05) is 0 Å². The highest BCUT2D eigenvalue weighted by atomic mass is 35.5. The fourth-order valence-electron chi connectivity index (χ4n) is 2.32. The summed E-state index contributed by atoms with van der Waals surface area (Å²) in [6, 6.07) is 0. The van der Waals surface area contributed by atoms with E-state index in [2.05, 4.69) is 11.9 Å². The number of esters is 1. The van der Waals surface area contributed by atoms with Crippen molar-refractivity contribution in [2.24, 2.45) is 0 Å². The summed E-state index contributed by atoms with van der Waals surface area (Å²) < 4.78 is 6.33. The van der Waals surface area contributed by atoms with E-state index >= 15 is 0 Å². The van der Waals surface area contributed by atoms with Gasteiger partial charge in [0.15, 0.2) is 0 Å². The lowest BCUT2D eigenvalue weighted by Crippen LogP contribution is -2.50. The molecule has 1 aliphatic rings. The fraction of sp³-hybridized carbons (Fsp3) is 0.923. The van der Waals surface area contributed by atoms with Crippen LogP contribution in [0.5, 0.6) is 0 Å². The highest BCUT2D eigenvalue weighted by molar-refractivity contribution is 6.14. The van der Waals surface area contributed by atoms with Gasteiger partial charge >= 0.3 is 5.97 Å². The van der Waals surface area contributed by atoms with Gasteiger partial charge in [-0.3, -0.25) is 4.79 Å². The van der Waals surface area contributed by atoms with Gasteiger partial charge in [0.1, 0.15) is 13.2 Å². The highest BCUT2D eigenvalue weighted by Crippen LogP contribution is 2.16. The predicted molar refractivity (Wildman–Crippen MR) is 73.3 cm³/mol. The summed E-state index contributed by atoms with van der Waals surface area (Å²) in [7, 11) is 2.25. The van der Waals surface area contributed by atoms with Crippen molar-refractivity contribution in [3.8, 4) is 0 Å². The van der Waals surface area contributed by atoms with Gasteiger partial charge < -0.3 is 9.22 Å². The zero-order chi connectivity index (χ0) is 13.6. The molecule has 0 saturated carbocycles. The molecule has 1 rings (SSSR count). The summed E-state index contributed by atoms with van der Waals surface area (Å²) >= 11 is 5.55. The molecule has 0 spiro atoms. The van der Waals surface area contributed by atoms with Crippen LogP contribution in [0, 0.1) is 0 Å². The van der Waals surface area contributed by atoms with Crippen LogP contribution in [0.15, 0.2) is 0 Å². The van der Waals surface area contributed by atoms with E-state index in [0.29, 0.717) is 13.0 Å². The molecule has 1 aliphatic heterocycles. The molecule has 0 aliphatic carbocycles. The first-order valence-electron chi connectivity index (χ1n) is 6.74. The molecule has 1 N–H and O–H groups in total. The molecule has 18 heavy (non-hydrogen) atoms. The number of nitrogens with one attached hydrogen (secondary N) is 1. The van der Waals surface area contributed by atoms with E-state index in [1.165, 1.54) is 32.4 Å². The number of ether oxygens (including phenoxy) is 1. The highest BCUT2D eigenvalue weighted by Gasteiger charge is 2.26. The maximum atomic E-state index is 11.6. The van der Waals surface area contributed by atoms with Crippen molar-refractivity contribution in [3.05, 3.63) is 0 Å². The van der Waals surface area contributed by atoms with Gasteiger partial charge in [-0.25, -0.2) is 4.84 Å². The van der Waals surface area contributed by atoms with E-state index in [4.69, 9.17) is 16.5 Å². The van der Waals surface area contributed by atoms with Crippen molar-refractivity contribution in [2.75, 3.05) is 33.3 Å². The Hall–Kier alpha value is -0.320. The summed E-state index contributed by atoms with van der Waals surface area (Å²) in [5, 5.41) is 0. The minimum Gasteiger partial charge on any atom is -0.460 e. The number of carbonyl (C=O) groups is 1. The summed E-state index contributed by atoms with van der Waals surface area (Å²) in [5.41, 5.74) is -0.414. The van der Waals surface area contributed by atoms with Crippen molar-refractivity contribution in [2.45, 2.75) is 45.1 Å². The Kier molecular flexibility index (Phi) is 5.89. The fourth-order valence-corrected chi connectivity index (χ4v) is 2.39. The van der Waals surface area contributed by atoms with Crippen molar-refractivity contribution < 1.29 is 14.0 Å². The quantitative estimate of drug-likeness (QED) is 0.459. The number of likely N-dealkylation sites (N-methyl/N-ethyl adjacent to an activating group) is 1. The van der Waals surface area contributed by atoms with E-state index in [9.17, 15) is 4.79 Å². The number of rotatable bonds is 6. The maximum Gasteiger partial charge on any atom is 0.307 e. The SMILES string of the molecule is CC(C)(CC(=O)OCC[N+]1(C)CCCCC1)NCl. The van der Waals surface area contributed by atoms with Gasteiger partial charge in [0.2, 0.25) is 0 Å². The third kappa shape index (κ3) is 5.55. The van der Waals surface area contributed by atoms with Crippen LogP contribution in [0.4, 0.5) is 0 Å². The van der Waals surface area contributed by atoms with Gasteiger partial charge in [-0.2, -0.15) is 0 Å². The smallest absolute Gasteiger partial charge is 0.307 e. The number of quaternary nitrogens is 1. The van der Waals surface area contributed by atoms with Crippen LogP contribution in [-0.4, -0.2) is 49.3 Å². The first kappa shape index (κ1) is 15.7. The van der Waals surface area contributed by atoms with Crippen molar-refractivity contribution in [1.29, 1.82) is 0 Å². The van der Waals surface area contributed by atoms with Gasteiger partial charge in [-0.05, 0) is 44.9 Å². The Balaban J connectivity index is 2.22. The lowest BCUT2D eigenvalue weighted by Gasteiger charge is -2.37. The molecule has 106 valence electrons. The first-order chi connectivity index (χ1) is 8.37. The molecule has 0 aromatic rings. The molecule has 0 amide bonds. The average molecular weight is 278 g/mol. The van der Waals surface area contributed by atoms with Crippen LogP contribution in [0.25, 0.3) is 0 Å².